The van der Waals surface area contributed by atoms with Gasteiger partial charge in [0.1, 0.15) is 0 Å². The first kappa shape index (κ1) is 10.2. The fraction of sp³-hybridized carbons (Fsp3) is 0.273. The Hall–Kier alpha value is -0.890. The molecule has 0 aliphatic rings. The van der Waals surface area contributed by atoms with Gasteiger partial charge in [-0.05, 0) is 36.6 Å². The Morgan fingerprint density at radius 3 is 2.62 bits per heavy atom. The molecule has 2 N–H and O–H groups in total. The average molecular weight is 193 g/mol. The lowest BCUT2D eigenvalue weighted by Gasteiger charge is -2.07. The van der Waals surface area contributed by atoms with Crippen LogP contribution in [0.2, 0.25) is 0 Å². The van der Waals surface area contributed by atoms with Crippen molar-refractivity contribution in [1.29, 1.82) is 0 Å². The van der Waals surface area contributed by atoms with Crippen LogP contribution in [0.5, 0.6) is 0 Å². The number of rotatable bonds is 2. The molecule has 0 heterocycles. The van der Waals surface area contributed by atoms with Crippen LogP contribution in [0, 0.1) is 13.8 Å². The van der Waals surface area contributed by atoms with Crippen LogP contribution >= 0.6 is 12.6 Å². The van der Waals surface area contributed by atoms with E-state index in [1.54, 1.807) is 0 Å². The standard InChI is InChI=1S/C11H15NS/c1-8-9(2)11(12)6-5-10(8)4-3-7-13/h3-6,13H,7,12H2,1-2H3. The molecule has 0 amide bonds. The summed E-state index contributed by atoms with van der Waals surface area (Å²) >= 11 is 4.12. The summed E-state index contributed by atoms with van der Waals surface area (Å²) in [5, 5.41) is 0. The summed E-state index contributed by atoms with van der Waals surface area (Å²) in [5.41, 5.74) is 10.3. The van der Waals surface area contributed by atoms with Crippen molar-refractivity contribution in [1.82, 2.24) is 0 Å². The molecule has 0 atom stereocenters. The number of hydrogen-bond donors (Lipinski definition) is 2. The summed E-state index contributed by atoms with van der Waals surface area (Å²) < 4.78 is 0. The van der Waals surface area contributed by atoms with Crippen molar-refractivity contribution in [3.63, 3.8) is 0 Å². The first-order valence-corrected chi connectivity index (χ1v) is 4.93. The van der Waals surface area contributed by atoms with Gasteiger partial charge in [0.25, 0.3) is 0 Å². The summed E-state index contributed by atoms with van der Waals surface area (Å²) in [6.07, 6.45) is 4.11. The van der Waals surface area contributed by atoms with Gasteiger partial charge in [-0.2, -0.15) is 12.6 Å². The Kier molecular flexibility index (Phi) is 3.43. The third-order valence-electron chi connectivity index (χ3n) is 2.27. The van der Waals surface area contributed by atoms with Crippen LogP contribution in [0.25, 0.3) is 6.08 Å². The summed E-state index contributed by atoms with van der Waals surface area (Å²) in [6, 6.07) is 3.98. The predicted octanol–water partition coefficient (Wildman–Crippen LogP) is 2.83. The third-order valence-corrected chi connectivity index (χ3v) is 2.48. The first-order chi connectivity index (χ1) is 6.16. The fourth-order valence-corrected chi connectivity index (χ4v) is 1.33. The van der Waals surface area contributed by atoms with Crippen LogP contribution in [-0.4, -0.2) is 5.75 Å². The fourth-order valence-electron chi connectivity index (χ4n) is 1.22. The highest BCUT2D eigenvalue weighted by Gasteiger charge is 2.00. The molecule has 13 heavy (non-hydrogen) atoms. The summed E-state index contributed by atoms with van der Waals surface area (Å²) in [5.74, 6) is 0.767. The second-order valence-electron chi connectivity index (χ2n) is 3.08. The Balaban J connectivity index is 3.11. The maximum absolute atomic E-state index is 5.78. The molecule has 1 aromatic rings. The quantitative estimate of drug-likeness (QED) is 0.548. The van der Waals surface area contributed by atoms with Crippen molar-refractivity contribution in [2.75, 3.05) is 11.5 Å². The number of nitrogen functional groups attached to an aromatic ring is 1. The molecule has 0 aliphatic carbocycles. The Bertz CT molecular complexity index is 329. The van der Waals surface area contributed by atoms with Crippen molar-refractivity contribution in [3.05, 3.63) is 34.9 Å². The number of benzene rings is 1. The van der Waals surface area contributed by atoms with Gasteiger partial charge in [-0.3, -0.25) is 0 Å². The van der Waals surface area contributed by atoms with Crippen LogP contribution in [0.4, 0.5) is 5.69 Å². The average Bonchev–Trinajstić information content (AvgIpc) is 2.13. The lowest BCUT2D eigenvalue weighted by Crippen LogP contribution is -1.94. The Morgan fingerprint density at radius 2 is 2.00 bits per heavy atom. The molecule has 0 radical (unpaired) electrons. The smallest absolute Gasteiger partial charge is 0.0346 e. The summed E-state index contributed by atoms with van der Waals surface area (Å²) in [7, 11) is 0. The van der Waals surface area contributed by atoms with E-state index in [1.165, 1.54) is 16.7 Å². The first-order valence-electron chi connectivity index (χ1n) is 4.30. The van der Waals surface area contributed by atoms with Gasteiger partial charge in [0, 0.05) is 11.4 Å². The molecule has 0 saturated heterocycles. The molecule has 0 aliphatic heterocycles. The normalized spacial score (nSPS) is 11.0. The van der Waals surface area contributed by atoms with E-state index in [0.29, 0.717) is 0 Å². The second kappa shape index (κ2) is 4.38. The Morgan fingerprint density at radius 1 is 1.31 bits per heavy atom. The van der Waals surface area contributed by atoms with Gasteiger partial charge in [0.05, 0.1) is 0 Å². The Labute approximate surface area is 85.1 Å². The SMILES string of the molecule is Cc1c(N)ccc(C=CCS)c1C. The molecule has 0 bridgehead atoms. The maximum Gasteiger partial charge on any atom is 0.0346 e. The monoisotopic (exact) mass is 193 g/mol. The van der Waals surface area contributed by atoms with E-state index in [-0.39, 0.29) is 0 Å². The van der Waals surface area contributed by atoms with Crippen molar-refractivity contribution < 1.29 is 0 Å². The van der Waals surface area contributed by atoms with E-state index in [4.69, 9.17) is 5.73 Å². The molecule has 0 spiro atoms. The van der Waals surface area contributed by atoms with Gasteiger partial charge in [-0.1, -0.05) is 18.2 Å². The van der Waals surface area contributed by atoms with Crippen LogP contribution in [0.3, 0.4) is 0 Å². The van der Waals surface area contributed by atoms with Crippen LogP contribution in [-0.2, 0) is 0 Å². The molecule has 0 unspecified atom stereocenters. The molecule has 70 valence electrons. The van der Waals surface area contributed by atoms with E-state index in [2.05, 4.69) is 25.6 Å². The highest BCUT2D eigenvalue weighted by Crippen LogP contribution is 2.20. The minimum atomic E-state index is 0.767. The number of nitrogens with two attached hydrogens (primary N) is 1. The molecular weight excluding hydrogens is 178 g/mol. The lowest BCUT2D eigenvalue weighted by molar-refractivity contribution is 1.33. The molecule has 2 heteroatoms. The van der Waals surface area contributed by atoms with Crippen LogP contribution in [0.1, 0.15) is 16.7 Å². The zero-order valence-corrected chi connectivity index (χ0v) is 8.94. The zero-order chi connectivity index (χ0) is 9.84. The third kappa shape index (κ3) is 2.28. The van der Waals surface area contributed by atoms with E-state index in [0.717, 1.165) is 11.4 Å². The predicted molar refractivity (Wildman–Crippen MR) is 63.2 cm³/mol. The van der Waals surface area contributed by atoms with Gasteiger partial charge in [-0.15, -0.1) is 0 Å². The van der Waals surface area contributed by atoms with Crippen LogP contribution < -0.4 is 5.73 Å². The second-order valence-corrected chi connectivity index (χ2v) is 3.44. The van der Waals surface area contributed by atoms with E-state index >= 15 is 0 Å². The molecule has 0 aromatic heterocycles. The van der Waals surface area contributed by atoms with Crippen LogP contribution in [0.15, 0.2) is 18.2 Å². The summed E-state index contributed by atoms with van der Waals surface area (Å²) in [6.45, 7) is 4.13. The minimum Gasteiger partial charge on any atom is -0.399 e. The van der Waals surface area contributed by atoms with Gasteiger partial charge < -0.3 is 5.73 Å². The van der Waals surface area contributed by atoms with Crippen molar-refractivity contribution in [2.45, 2.75) is 13.8 Å². The number of anilines is 1. The van der Waals surface area contributed by atoms with Crippen molar-refractivity contribution in [2.24, 2.45) is 0 Å². The molecule has 1 nitrogen and oxygen atoms in total. The largest absolute Gasteiger partial charge is 0.399 e. The zero-order valence-electron chi connectivity index (χ0n) is 8.04. The number of hydrogen-bond acceptors (Lipinski definition) is 2. The van der Waals surface area contributed by atoms with Crippen molar-refractivity contribution >= 4 is 24.4 Å². The molecular formula is C11H15NS. The van der Waals surface area contributed by atoms with Gasteiger partial charge in [0.2, 0.25) is 0 Å². The van der Waals surface area contributed by atoms with E-state index in [1.807, 2.05) is 25.1 Å². The van der Waals surface area contributed by atoms with E-state index in [9.17, 15) is 0 Å². The highest BCUT2D eigenvalue weighted by atomic mass is 32.1. The minimum absolute atomic E-state index is 0.767. The molecule has 0 fully saturated rings. The lowest BCUT2D eigenvalue weighted by atomic mass is 10.0. The maximum atomic E-state index is 5.78. The number of thiol groups is 1. The van der Waals surface area contributed by atoms with Crippen molar-refractivity contribution in [3.8, 4) is 0 Å². The van der Waals surface area contributed by atoms with Gasteiger partial charge in [-0.25, -0.2) is 0 Å². The molecule has 1 aromatic carbocycles. The molecule has 1 rings (SSSR count). The van der Waals surface area contributed by atoms with Gasteiger partial charge >= 0.3 is 0 Å². The van der Waals surface area contributed by atoms with Gasteiger partial charge in [0.15, 0.2) is 0 Å². The summed E-state index contributed by atoms with van der Waals surface area (Å²) in [4.78, 5) is 0. The highest BCUT2D eigenvalue weighted by molar-refractivity contribution is 7.80. The topological polar surface area (TPSA) is 26.0 Å². The molecule has 0 saturated carbocycles. The van der Waals surface area contributed by atoms with E-state index < -0.39 is 0 Å².